The van der Waals surface area contributed by atoms with Crippen LogP contribution >= 0.6 is 11.3 Å². The molecule has 0 aliphatic rings. The minimum absolute atomic E-state index is 0.116. The predicted octanol–water partition coefficient (Wildman–Crippen LogP) is 4.23. The molecule has 0 saturated heterocycles. The maximum atomic E-state index is 10.9. The lowest BCUT2D eigenvalue weighted by Gasteiger charge is -2.13. The third kappa shape index (κ3) is 3.95. The first kappa shape index (κ1) is 19.4. The summed E-state index contributed by atoms with van der Waals surface area (Å²) in [7, 11) is 0. The Morgan fingerprint density at radius 1 is 1.23 bits per heavy atom. The van der Waals surface area contributed by atoms with Crippen molar-refractivity contribution < 1.29 is 14.3 Å². The third-order valence-corrected chi connectivity index (χ3v) is 5.58. The molecule has 0 unspecified atom stereocenters. The van der Waals surface area contributed by atoms with Crippen LogP contribution in [0.4, 0.5) is 5.82 Å². The first-order valence-electron chi connectivity index (χ1n) is 9.15. The molecule has 148 valence electrons. The van der Waals surface area contributed by atoms with E-state index in [1.807, 2.05) is 31.2 Å². The number of carboxylic acid groups (broad SMARTS) is 1. The Labute approximate surface area is 177 Å². The number of carbonyl (C=O) groups is 1. The van der Waals surface area contributed by atoms with E-state index in [1.165, 1.54) is 17.0 Å². The fourth-order valence-corrected chi connectivity index (χ4v) is 3.88. The average Bonchev–Trinajstić information content (AvgIpc) is 3.44. The Kier molecular flexibility index (Phi) is 5.33. The number of aryl methyl sites for hydroxylation is 1. The van der Waals surface area contributed by atoms with Gasteiger partial charge in [0.2, 0.25) is 0 Å². The Morgan fingerprint density at radius 2 is 2.03 bits per heavy atom. The molecule has 7 heteroatoms. The first-order chi connectivity index (χ1) is 14.5. The minimum atomic E-state index is -1.22. The van der Waals surface area contributed by atoms with Crippen molar-refractivity contribution in [3.05, 3.63) is 82.4 Å². The zero-order valence-electron chi connectivity index (χ0n) is 16.0. The lowest BCUT2D eigenvalue weighted by Crippen LogP contribution is -2.22. The van der Waals surface area contributed by atoms with E-state index in [2.05, 4.69) is 16.4 Å². The van der Waals surface area contributed by atoms with Crippen LogP contribution in [0.25, 0.3) is 21.9 Å². The van der Waals surface area contributed by atoms with E-state index in [-0.39, 0.29) is 5.56 Å². The number of rotatable bonds is 6. The fourth-order valence-electron chi connectivity index (χ4n) is 3.06. The van der Waals surface area contributed by atoms with E-state index in [4.69, 9.17) is 4.42 Å². The Hall–Kier alpha value is -3.89. The standard InChI is InChI=1S/C23H17N3O3S/c1-14-4-9-21(30-14)19-11-17(20-3-2-10-29-20)18(12-24)22(26-19)25-13-15-5-7-16(8-6-15)23(27)28/h2-11H,13H2,1H3,(H,25,26)(H,27,28)/p-1. The van der Waals surface area contributed by atoms with Crippen molar-refractivity contribution in [1.29, 1.82) is 5.26 Å². The van der Waals surface area contributed by atoms with Gasteiger partial charge in [0.15, 0.2) is 0 Å². The summed E-state index contributed by atoms with van der Waals surface area (Å²) >= 11 is 1.62. The van der Waals surface area contributed by atoms with E-state index in [0.29, 0.717) is 29.2 Å². The van der Waals surface area contributed by atoms with Crippen LogP contribution in [0.1, 0.15) is 26.4 Å². The minimum Gasteiger partial charge on any atom is -0.545 e. The van der Waals surface area contributed by atoms with Crippen LogP contribution < -0.4 is 10.4 Å². The molecular formula is C23H16N3O3S-. The molecule has 4 aromatic rings. The molecule has 4 rings (SSSR count). The molecule has 0 fully saturated rings. The Bertz CT molecular complexity index is 1240. The molecule has 0 atom stereocenters. The summed E-state index contributed by atoms with van der Waals surface area (Å²) in [5, 5.41) is 24.0. The lowest BCUT2D eigenvalue weighted by atomic mass is 10.1. The number of benzene rings is 1. The van der Waals surface area contributed by atoms with Crippen LogP contribution in [0.15, 0.2) is 65.3 Å². The van der Waals surface area contributed by atoms with Gasteiger partial charge in [-0.15, -0.1) is 11.3 Å². The topological polar surface area (TPSA) is 102 Å². The van der Waals surface area contributed by atoms with Crippen molar-refractivity contribution >= 4 is 23.1 Å². The van der Waals surface area contributed by atoms with Gasteiger partial charge in [-0.2, -0.15) is 5.26 Å². The molecule has 1 N–H and O–H groups in total. The third-order valence-electron chi connectivity index (χ3n) is 4.56. The lowest BCUT2D eigenvalue weighted by molar-refractivity contribution is -0.255. The molecule has 0 amide bonds. The number of furan rings is 1. The van der Waals surface area contributed by atoms with Crippen LogP contribution in [0, 0.1) is 18.3 Å². The second-order valence-electron chi connectivity index (χ2n) is 6.62. The molecule has 0 radical (unpaired) electrons. The molecular weight excluding hydrogens is 398 g/mol. The van der Waals surface area contributed by atoms with Crippen LogP contribution in [-0.2, 0) is 6.54 Å². The Balaban J connectivity index is 1.72. The Morgan fingerprint density at radius 3 is 2.63 bits per heavy atom. The molecule has 0 saturated carbocycles. The number of carboxylic acids is 1. The normalized spacial score (nSPS) is 10.5. The van der Waals surface area contributed by atoms with Gasteiger partial charge in [0.25, 0.3) is 0 Å². The molecule has 0 aliphatic carbocycles. The highest BCUT2D eigenvalue weighted by atomic mass is 32.1. The van der Waals surface area contributed by atoms with Crippen molar-refractivity contribution in [2.45, 2.75) is 13.5 Å². The molecule has 30 heavy (non-hydrogen) atoms. The van der Waals surface area contributed by atoms with Gasteiger partial charge >= 0.3 is 0 Å². The fraction of sp³-hybridized carbons (Fsp3) is 0.0870. The second-order valence-corrected chi connectivity index (χ2v) is 7.90. The molecule has 3 aromatic heterocycles. The summed E-state index contributed by atoms with van der Waals surface area (Å²) in [5.74, 6) is -0.189. The van der Waals surface area contributed by atoms with Crippen LogP contribution in [0.3, 0.4) is 0 Å². The van der Waals surface area contributed by atoms with Gasteiger partial charge in [0, 0.05) is 17.0 Å². The number of hydrogen-bond donors (Lipinski definition) is 1. The number of hydrogen-bond acceptors (Lipinski definition) is 7. The maximum absolute atomic E-state index is 10.9. The van der Waals surface area contributed by atoms with Gasteiger partial charge in [0.05, 0.1) is 22.8 Å². The number of aromatic nitrogens is 1. The van der Waals surface area contributed by atoms with Gasteiger partial charge in [0.1, 0.15) is 23.2 Å². The summed E-state index contributed by atoms with van der Waals surface area (Å²) in [4.78, 5) is 17.8. The number of pyridine rings is 1. The van der Waals surface area contributed by atoms with Gasteiger partial charge in [-0.1, -0.05) is 24.3 Å². The zero-order chi connectivity index (χ0) is 21.1. The summed E-state index contributed by atoms with van der Waals surface area (Å²) in [5.41, 5.74) is 2.75. The van der Waals surface area contributed by atoms with Crippen molar-refractivity contribution in [2.75, 3.05) is 5.32 Å². The van der Waals surface area contributed by atoms with Gasteiger partial charge < -0.3 is 19.6 Å². The largest absolute Gasteiger partial charge is 0.545 e. The quantitative estimate of drug-likeness (QED) is 0.507. The van der Waals surface area contributed by atoms with Crippen LogP contribution in [0.5, 0.6) is 0 Å². The summed E-state index contributed by atoms with van der Waals surface area (Å²) in [6, 6.07) is 18.1. The van der Waals surface area contributed by atoms with Crippen molar-refractivity contribution in [1.82, 2.24) is 4.98 Å². The molecule has 3 heterocycles. The number of aromatic carboxylic acids is 1. The van der Waals surface area contributed by atoms with E-state index in [9.17, 15) is 15.2 Å². The molecule has 0 aliphatic heterocycles. The highest BCUT2D eigenvalue weighted by Crippen LogP contribution is 2.35. The number of nitrogens with zero attached hydrogens (tertiary/aromatic N) is 2. The van der Waals surface area contributed by atoms with E-state index < -0.39 is 5.97 Å². The highest BCUT2D eigenvalue weighted by molar-refractivity contribution is 7.15. The van der Waals surface area contributed by atoms with Crippen LogP contribution in [0.2, 0.25) is 0 Å². The number of carbonyl (C=O) groups excluding carboxylic acids is 1. The molecule has 0 bridgehead atoms. The highest BCUT2D eigenvalue weighted by Gasteiger charge is 2.17. The number of thiophene rings is 1. The van der Waals surface area contributed by atoms with E-state index in [1.54, 1.807) is 35.8 Å². The average molecular weight is 414 g/mol. The molecule has 6 nitrogen and oxygen atoms in total. The monoisotopic (exact) mass is 414 g/mol. The smallest absolute Gasteiger partial charge is 0.145 e. The van der Waals surface area contributed by atoms with E-state index in [0.717, 1.165) is 16.1 Å². The first-order valence-corrected chi connectivity index (χ1v) is 9.97. The number of anilines is 1. The van der Waals surface area contributed by atoms with E-state index >= 15 is 0 Å². The van der Waals surface area contributed by atoms with Crippen molar-refractivity contribution in [3.8, 4) is 28.0 Å². The number of nitrogens with one attached hydrogen (secondary N) is 1. The molecule has 0 spiro atoms. The summed E-state index contributed by atoms with van der Waals surface area (Å²) in [6.07, 6.45) is 1.57. The maximum Gasteiger partial charge on any atom is 0.145 e. The van der Waals surface area contributed by atoms with Crippen molar-refractivity contribution in [3.63, 3.8) is 0 Å². The van der Waals surface area contributed by atoms with Crippen LogP contribution in [-0.4, -0.2) is 11.0 Å². The second kappa shape index (κ2) is 8.23. The van der Waals surface area contributed by atoms with Crippen molar-refractivity contribution in [2.24, 2.45) is 0 Å². The van der Waals surface area contributed by atoms with Gasteiger partial charge in [-0.25, -0.2) is 4.98 Å². The zero-order valence-corrected chi connectivity index (χ0v) is 16.8. The molecule has 1 aromatic carbocycles. The van der Waals surface area contributed by atoms with Gasteiger partial charge in [-0.3, -0.25) is 0 Å². The summed E-state index contributed by atoms with van der Waals surface area (Å²) < 4.78 is 5.55. The SMILES string of the molecule is Cc1ccc(-c2cc(-c3ccco3)c(C#N)c(NCc3ccc(C(=O)[O-])cc3)n2)s1. The number of nitriles is 1. The van der Waals surface area contributed by atoms with Gasteiger partial charge in [-0.05, 0) is 48.4 Å². The predicted molar refractivity (Wildman–Crippen MR) is 113 cm³/mol. The summed E-state index contributed by atoms with van der Waals surface area (Å²) in [6.45, 7) is 2.40.